The molecule has 5 nitrogen and oxygen atoms in total. The smallest absolute Gasteiger partial charge is 0.345 e. The van der Waals surface area contributed by atoms with Crippen molar-refractivity contribution in [3.05, 3.63) is 40.2 Å². The fraction of sp³-hybridized carbons (Fsp3) is 0.412. The van der Waals surface area contributed by atoms with E-state index in [1.807, 2.05) is 24.3 Å². The predicted molar refractivity (Wildman–Crippen MR) is 88.5 cm³/mol. The van der Waals surface area contributed by atoms with Crippen LogP contribution in [0.4, 0.5) is 5.69 Å². The van der Waals surface area contributed by atoms with Crippen molar-refractivity contribution in [1.29, 1.82) is 0 Å². The molecule has 0 spiro atoms. The topological polar surface area (TPSA) is 71.2 Å². The minimum Gasteiger partial charge on any atom is -0.462 e. The molecular weight excluding hydrogens is 280 g/mol. The van der Waals surface area contributed by atoms with Gasteiger partial charge < -0.3 is 15.0 Å². The number of nitrogens with one attached hydrogen (secondary N) is 2. The standard InChI is InChI=1S/C17H22N2O3/c1-4-22-17(21)14-15(18-10-9-11(2)3)12-7-5-6-8-13(12)19-16(14)20/h5-8,11H,4,9-10H2,1-3H3,(H2,18,19,20). The maximum absolute atomic E-state index is 12.3. The minimum atomic E-state index is -0.596. The summed E-state index contributed by atoms with van der Waals surface area (Å²) < 4.78 is 5.03. The number of para-hydroxylation sites is 1. The number of hydrogen-bond acceptors (Lipinski definition) is 4. The first-order chi connectivity index (χ1) is 10.5. The fourth-order valence-corrected chi connectivity index (χ4v) is 2.31. The second-order valence-electron chi connectivity index (χ2n) is 5.58. The monoisotopic (exact) mass is 302 g/mol. The summed E-state index contributed by atoms with van der Waals surface area (Å²) in [5, 5.41) is 4.06. The molecule has 0 amide bonds. The molecule has 0 fully saturated rings. The van der Waals surface area contributed by atoms with E-state index in [9.17, 15) is 9.59 Å². The summed E-state index contributed by atoms with van der Waals surface area (Å²) in [5.74, 6) is -0.0617. The zero-order valence-electron chi connectivity index (χ0n) is 13.2. The lowest BCUT2D eigenvalue weighted by Gasteiger charge is -2.14. The Morgan fingerprint density at radius 3 is 2.73 bits per heavy atom. The summed E-state index contributed by atoms with van der Waals surface area (Å²) in [6.07, 6.45) is 0.948. The van der Waals surface area contributed by atoms with Crippen LogP contribution < -0.4 is 10.9 Å². The van der Waals surface area contributed by atoms with Gasteiger partial charge >= 0.3 is 5.97 Å². The van der Waals surface area contributed by atoms with Crippen molar-refractivity contribution in [1.82, 2.24) is 4.98 Å². The molecule has 2 rings (SSSR count). The zero-order valence-corrected chi connectivity index (χ0v) is 13.2. The van der Waals surface area contributed by atoms with Crippen molar-refractivity contribution in [2.24, 2.45) is 5.92 Å². The number of esters is 1. The van der Waals surface area contributed by atoms with Crippen LogP contribution in [0.1, 0.15) is 37.6 Å². The number of ether oxygens (including phenoxy) is 1. The quantitative estimate of drug-likeness (QED) is 0.804. The molecule has 2 N–H and O–H groups in total. The van der Waals surface area contributed by atoms with Gasteiger partial charge in [-0.2, -0.15) is 0 Å². The Kier molecular flexibility index (Phi) is 5.20. The number of anilines is 1. The van der Waals surface area contributed by atoms with E-state index >= 15 is 0 Å². The Bertz CT molecular complexity index is 719. The third-order valence-corrected chi connectivity index (χ3v) is 3.42. The molecule has 5 heteroatoms. The van der Waals surface area contributed by atoms with Crippen molar-refractivity contribution in [2.45, 2.75) is 27.2 Å². The highest BCUT2D eigenvalue weighted by atomic mass is 16.5. The largest absolute Gasteiger partial charge is 0.462 e. The fourth-order valence-electron chi connectivity index (χ4n) is 2.31. The molecule has 0 saturated heterocycles. The maximum atomic E-state index is 12.3. The first-order valence-electron chi connectivity index (χ1n) is 7.60. The van der Waals surface area contributed by atoms with Crippen LogP contribution in [0, 0.1) is 5.92 Å². The third kappa shape index (κ3) is 3.47. The maximum Gasteiger partial charge on any atom is 0.345 e. The van der Waals surface area contributed by atoms with Gasteiger partial charge in [-0.1, -0.05) is 32.0 Å². The molecule has 22 heavy (non-hydrogen) atoms. The Morgan fingerprint density at radius 2 is 2.05 bits per heavy atom. The lowest BCUT2D eigenvalue weighted by atomic mass is 10.1. The second kappa shape index (κ2) is 7.11. The number of fused-ring (bicyclic) bond motifs is 1. The Morgan fingerprint density at radius 1 is 1.32 bits per heavy atom. The molecule has 0 saturated carbocycles. The lowest BCUT2D eigenvalue weighted by molar-refractivity contribution is 0.0525. The van der Waals surface area contributed by atoms with Gasteiger partial charge in [0.25, 0.3) is 5.56 Å². The van der Waals surface area contributed by atoms with Crippen LogP contribution in [0.25, 0.3) is 10.9 Å². The van der Waals surface area contributed by atoms with Gasteiger partial charge in [-0.05, 0) is 25.3 Å². The second-order valence-corrected chi connectivity index (χ2v) is 5.58. The number of pyridine rings is 1. The molecule has 0 unspecified atom stereocenters. The molecule has 0 aliphatic carbocycles. The Balaban J connectivity index is 2.52. The van der Waals surface area contributed by atoms with Crippen LogP contribution in [0.2, 0.25) is 0 Å². The minimum absolute atomic E-state index is 0.0457. The molecule has 0 atom stereocenters. The summed E-state index contributed by atoms with van der Waals surface area (Å²) in [7, 11) is 0. The predicted octanol–water partition coefficient (Wildman–Crippen LogP) is 3.16. The molecule has 118 valence electrons. The van der Waals surface area contributed by atoms with Gasteiger partial charge in [-0.15, -0.1) is 0 Å². The highest BCUT2D eigenvalue weighted by Gasteiger charge is 2.20. The van der Waals surface area contributed by atoms with Gasteiger partial charge in [0, 0.05) is 11.9 Å². The normalized spacial score (nSPS) is 10.9. The van der Waals surface area contributed by atoms with Gasteiger partial charge in [0.2, 0.25) is 0 Å². The zero-order chi connectivity index (χ0) is 16.1. The molecule has 0 radical (unpaired) electrons. The number of H-pyrrole nitrogens is 1. The number of aromatic amines is 1. The van der Waals surface area contributed by atoms with Crippen LogP contribution in [0.5, 0.6) is 0 Å². The van der Waals surface area contributed by atoms with E-state index in [1.165, 1.54) is 0 Å². The SMILES string of the molecule is CCOC(=O)c1c(NCCC(C)C)c2ccccc2[nH]c1=O. The lowest BCUT2D eigenvalue weighted by Crippen LogP contribution is -2.23. The van der Waals surface area contributed by atoms with E-state index in [1.54, 1.807) is 6.92 Å². The Labute approximate surface area is 129 Å². The third-order valence-electron chi connectivity index (χ3n) is 3.42. The van der Waals surface area contributed by atoms with Gasteiger partial charge in [-0.25, -0.2) is 4.79 Å². The van der Waals surface area contributed by atoms with Crippen LogP contribution in [0.3, 0.4) is 0 Å². The highest BCUT2D eigenvalue weighted by Crippen LogP contribution is 2.24. The average molecular weight is 302 g/mol. The van der Waals surface area contributed by atoms with Gasteiger partial charge in [0.15, 0.2) is 0 Å². The molecule has 0 bridgehead atoms. The van der Waals surface area contributed by atoms with Crippen LogP contribution in [-0.4, -0.2) is 24.1 Å². The number of carbonyl (C=O) groups is 1. The summed E-state index contributed by atoms with van der Waals surface area (Å²) in [5.41, 5.74) is 0.875. The van der Waals surface area contributed by atoms with Crippen molar-refractivity contribution in [2.75, 3.05) is 18.5 Å². The van der Waals surface area contributed by atoms with Crippen molar-refractivity contribution >= 4 is 22.6 Å². The first kappa shape index (κ1) is 16.1. The van der Waals surface area contributed by atoms with Crippen molar-refractivity contribution < 1.29 is 9.53 Å². The number of rotatable bonds is 6. The van der Waals surface area contributed by atoms with Crippen LogP contribution >= 0.6 is 0 Å². The molecule has 2 aromatic rings. The molecule has 1 aromatic carbocycles. The van der Waals surface area contributed by atoms with Crippen molar-refractivity contribution in [3.63, 3.8) is 0 Å². The van der Waals surface area contributed by atoms with E-state index in [-0.39, 0.29) is 12.2 Å². The number of hydrogen-bond donors (Lipinski definition) is 2. The van der Waals surface area contributed by atoms with Gasteiger partial charge in [-0.3, -0.25) is 4.79 Å². The summed E-state index contributed by atoms with van der Waals surface area (Å²) in [6.45, 7) is 6.90. The van der Waals surface area contributed by atoms with Crippen LogP contribution in [0.15, 0.2) is 29.1 Å². The van der Waals surface area contributed by atoms with E-state index in [4.69, 9.17) is 4.74 Å². The van der Waals surface area contributed by atoms with E-state index in [2.05, 4.69) is 24.1 Å². The molecule has 1 heterocycles. The number of carbonyl (C=O) groups excluding carboxylic acids is 1. The molecule has 1 aromatic heterocycles. The first-order valence-corrected chi connectivity index (χ1v) is 7.60. The summed E-state index contributed by atoms with van der Waals surface area (Å²) in [6, 6.07) is 7.43. The molecular formula is C17H22N2O3. The van der Waals surface area contributed by atoms with Crippen LogP contribution in [-0.2, 0) is 4.74 Å². The van der Waals surface area contributed by atoms with Gasteiger partial charge in [0.05, 0.1) is 17.8 Å². The van der Waals surface area contributed by atoms with E-state index < -0.39 is 11.5 Å². The van der Waals surface area contributed by atoms with E-state index in [0.29, 0.717) is 23.7 Å². The molecule has 0 aliphatic heterocycles. The summed E-state index contributed by atoms with van der Waals surface area (Å²) in [4.78, 5) is 27.2. The Hall–Kier alpha value is -2.30. The summed E-state index contributed by atoms with van der Waals surface area (Å²) >= 11 is 0. The highest BCUT2D eigenvalue weighted by molar-refractivity contribution is 6.04. The average Bonchev–Trinajstić information content (AvgIpc) is 2.46. The molecule has 0 aliphatic rings. The van der Waals surface area contributed by atoms with Gasteiger partial charge in [0.1, 0.15) is 5.56 Å². The van der Waals surface area contributed by atoms with Crippen molar-refractivity contribution in [3.8, 4) is 0 Å². The number of aromatic nitrogens is 1. The van der Waals surface area contributed by atoms with E-state index in [0.717, 1.165) is 11.8 Å². The number of benzene rings is 1.